The van der Waals surface area contributed by atoms with Gasteiger partial charge >= 0.3 is 0 Å². The monoisotopic (exact) mass is 241 g/mol. The molecule has 3 heteroatoms. The number of nitrogens with zero attached hydrogens (tertiary/aromatic N) is 1. The maximum absolute atomic E-state index is 5.73. The Morgan fingerprint density at radius 1 is 1.33 bits per heavy atom. The zero-order valence-electron chi connectivity index (χ0n) is 8.79. The Kier molecular flexibility index (Phi) is 4.33. The molecule has 82 valence electrons. The molecular formula is C12H16ClNS. The minimum Gasteiger partial charge on any atom is -0.244 e. The number of thioether (sulfide) groups is 1. The Morgan fingerprint density at radius 3 is 2.80 bits per heavy atom. The summed E-state index contributed by atoms with van der Waals surface area (Å²) in [5.41, 5.74) is 1.28. The minimum atomic E-state index is 0.583. The van der Waals surface area contributed by atoms with Crippen molar-refractivity contribution in [2.24, 2.45) is 5.92 Å². The Morgan fingerprint density at radius 2 is 2.13 bits per heavy atom. The average molecular weight is 242 g/mol. The second-order valence-corrected chi connectivity index (χ2v) is 5.57. The fourth-order valence-corrected chi connectivity index (χ4v) is 3.32. The highest BCUT2D eigenvalue weighted by Gasteiger charge is 2.14. The molecule has 0 amide bonds. The van der Waals surface area contributed by atoms with E-state index in [1.54, 1.807) is 0 Å². The van der Waals surface area contributed by atoms with Crippen molar-refractivity contribution in [2.45, 2.75) is 31.4 Å². The third kappa shape index (κ3) is 3.69. The van der Waals surface area contributed by atoms with Crippen LogP contribution in [0, 0.1) is 5.92 Å². The van der Waals surface area contributed by atoms with Gasteiger partial charge in [-0.25, -0.2) is 4.98 Å². The van der Waals surface area contributed by atoms with Crippen LogP contribution < -0.4 is 0 Å². The van der Waals surface area contributed by atoms with Gasteiger partial charge in [-0.3, -0.25) is 0 Å². The molecule has 0 unspecified atom stereocenters. The fraction of sp³-hybridized carbons (Fsp3) is 0.583. The molecule has 1 heterocycles. The molecule has 1 saturated carbocycles. The van der Waals surface area contributed by atoms with Crippen molar-refractivity contribution in [3.8, 4) is 0 Å². The first-order valence-electron chi connectivity index (χ1n) is 5.53. The SMILES string of the molecule is Clc1ccc(CSCC2CCCC2)cn1. The van der Waals surface area contributed by atoms with Crippen LogP contribution in [0.15, 0.2) is 18.3 Å². The average Bonchev–Trinajstić information content (AvgIpc) is 2.74. The van der Waals surface area contributed by atoms with Crippen molar-refractivity contribution in [3.63, 3.8) is 0 Å². The van der Waals surface area contributed by atoms with Crippen molar-refractivity contribution < 1.29 is 0 Å². The van der Waals surface area contributed by atoms with E-state index in [0.29, 0.717) is 5.15 Å². The third-order valence-corrected chi connectivity index (χ3v) is 4.35. The van der Waals surface area contributed by atoms with Crippen molar-refractivity contribution in [3.05, 3.63) is 29.0 Å². The molecule has 1 nitrogen and oxygen atoms in total. The molecule has 1 aromatic heterocycles. The summed E-state index contributed by atoms with van der Waals surface area (Å²) >= 11 is 7.76. The van der Waals surface area contributed by atoms with Crippen LogP contribution in [0.3, 0.4) is 0 Å². The second kappa shape index (κ2) is 5.76. The van der Waals surface area contributed by atoms with Crippen molar-refractivity contribution >= 4 is 23.4 Å². The highest BCUT2D eigenvalue weighted by atomic mass is 35.5. The van der Waals surface area contributed by atoms with Gasteiger partial charge in [0.15, 0.2) is 0 Å². The topological polar surface area (TPSA) is 12.9 Å². The molecule has 0 bridgehead atoms. The van der Waals surface area contributed by atoms with Crippen LogP contribution in [0.25, 0.3) is 0 Å². The maximum Gasteiger partial charge on any atom is 0.129 e. The lowest BCUT2D eigenvalue weighted by Crippen LogP contribution is -1.97. The van der Waals surface area contributed by atoms with E-state index in [-0.39, 0.29) is 0 Å². The lowest BCUT2D eigenvalue weighted by Gasteiger charge is -2.07. The first kappa shape index (κ1) is 11.3. The zero-order valence-corrected chi connectivity index (χ0v) is 10.4. The highest BCUT2D eigenvalue weighted by molar-refractivity contribution is 7.98. The second-order valence-electron chi connectivity index (χ2n) is 4.15. The van der Waals surface area contributed by atoms with Crippen LogP contribution in [0.2, 0.25) is 5.15 Å². The van der Waals surface area contributed by atoms with Gasteiger partial charge in [0.05, 0.1) is 0 Å². The predicted molar refractivity (Wildman–Crippen MR) is 67.4 cm³/mol. The summed E-state index contributed by atoms with van der Waals surface area (Å²) in [6.45, 7) is 0. The van der Waals surface area contributed by atoms with Crippen LogP contribution in [0.5, 0.6) is 0 Å². The molecule has 0 N–H and O–H groups in total. The van der Waals surface area contributed by atoms with Crippen molar-refractivity contribution in [1.82, 2.24) is 4.98 Å². The lowest BCUT2D eigenvalue weighted by atomic mass is 10.1. The van der Waals surface area contributed by atoms with E-state index in [2.05, 4.69) is 11.1 Å². The van der Waals surface area contributed by atoms with Gasteiger partial charge in [0.1, 0.15) is 5.15 Å². The lowest BCUT2D eigenvalue weighted by molar-refractivity contribution is 0.623. The van der Waals surface area contributed by atoms with E-state index in [9.17, 15) is 0 Å². The van der Waals surface area contributed by atoms with E-state index >= 15 is 0 Å². The minimum absolute atomic E-state index is 0.583. The van der Waals surface area contributed by atoms with Crippen LogP contribution >= 0.6 is 23.4 Å². The normalized spacial score (nSPS) is 17.1. The van der Waals surface area contributed by atoms with Gasteiger partial charge in [0.2, 0.25) is 0 Å². The summed E-state index contributed by atoms with van der Waals surface area (Å²) in [7, 11) is 0. The molecule has 0 aromatic carbocycles. The van der Waals surface area contributed by atoms with Crippen molar-refractivity contribution in [2.75, 3.05) is 5.75 Å². The van der Waals surface area contributed by atoms with Gasteiger partial charge in [0, 0.05) is 11.9 Å². The molecule has 1 aromatic rings. The Balaban J connectivity index is 1.71. The van der Waals surface area contributed by atoms with Gasteiger partial charge in [-0.15, -0.1) is 0 Å². The van der Waals surface area contributed by atoms with Crippen molar-refractivity contribution in [1.29, 1.82) is 0 Å². The number of rotatable bonds is 4. The molecular weight excluding hydrogens is 226 g/mol. The number of hydrogen-bond donors (Lipinski definition) is 0. The molecule has 1 aliphatic rings. The highest BCUT2D eigenvalue weighted by Crippen LogP contribution is 2.28. The van der Waals surface area contributed by atoms with Crippen LogP contribution in [-0.4, -0.2) is 10.7 Å². The van der Waals surface area contributed by atoms with Gasteiger partial charge in [0.25, 0.3) is 0 Å². The summed E-state index contributed by atoms with van der Waals surface area (Å²) in [6, 6.07) is 3.93. The van der Waals surface area contributed by atoms with E-state index in [0.717, 1.165) is 11.7 Å². The van der Waals surface area contributed by atoms with E-state index in [1.165, 1.54) is 37.0 Å². The predicted octanol–water partition coefficient (Wildman–Crippen LogP) is 4.16. The van der Waals surface area contributed by atoms with Gasteiger partial charge < -0.3 is 0 Å². The maximum atomic E-state index is 5.73. The van der Waals surface area contributed by atoms with Crippen LogP contribution in [-0.2, 0) is 5.75 Å². The molecule has 2 rings (SSSR count). The summed E-state index contributed by atoms with van der Waals surface area (Å²) in [4.78, 5) is 4.08. The first-order chi connectivity index (χ1) is 7.34. The van der Waals surface area contributed by atoms with E-state index in [4.69, 9.17) is 11.6 Å². The molecule has 0 saturated heterocycles. The smallest absolute Gasteiger partial charge is 0.129 e. The number of pyridine rings is 1. The van der Waals surface area contributed by atoms with Gasteiger partial charge in [-0.1, -0.05) is 30.5 Å². The van der Waals surface area contributed by atoms with Gasteiger partial charge in [-0.05, 0) is 36.1 Å². The van der Waals surface area contributed by atoms with E-state index in [1.807, 2.05) is 24.0 Å². The Bertz CT molecular complexity index is 293. The standard InChI is InChI=1S/C12H16ClNS/c13-12-6-5-11(7-14-12)9-15-8-10-3-1-2-4-10/h5-7,10H,1-4,8-9H2. The number of aromatic nitrogens is 1. The van der Waals surface area contributed by atoms with E-state index < -0.39 is 0 Å². The first-order valence-corrected chi connectivity index (χ1v) is 7.06. The number of halogens is 1. The molecule has 0 radical (unpaired) electrons. The summed E-state index contributed by atoms with van der Waals surface area (Å²) in [5, 5.41) is 0.583. The quantitative estimate of drug-likeness (QED) is 0.735. The molecule has 0 aliphatic heterocycles. The Hall–Kier alpha value is -0.210. The summed E-state index contributed by atoms with van der Waals surface area (Å²) in [5.74, 6) is 3.35. The van der Waals surface area contributed by atoms with Crippen LogP contribution in [0.1, 0.15) is 31.2 Å². The van der Waals surface area contributed by atoms with Crippen LogP contribution in [0.4, 0.5) is 0 Å². The summed E-state index contributed by atoms with van der Waals surface area (Å²) in [6.07, 6.45) is 7.63. The molecule has 0 atom stereocenters. The molecule has 15 heavy (non-hydrogen) atoms. The molecule has 0 spiro atoms. The zero-order chi connectivity index (χ0) is 10.5. The van der Waals surface area contributed by atoms with Gasteiger partial charge in [-0.2, -0.15) is 11.8 Å². The Labute approximate surface area is 101 Å². The third-order valence-electron chi connectivity index (χ3n) is 2.89. The fourth-order valence-electron chi connectivity index (χ4n) is 2.01. The summed E-state index contributed by atoms with van der Waals surface area (Å²) < 4.78 is 0. The largest absolute Gasteiger partial charge is 0.244 e. The number of hydrogen-bond acceptors (Lipinski definition) is 2. The molecule has 1 fully saturated rings. The molecule has 1 aliphatic carbocycles.